The predicted octanol–water partition coefficient (Wildman–Crippen LogP) is -3.52. The highest BCUT2D eigenvalue weighted by molar-refractivity contribution is 6.12. The summed E-state index contributed by atoms with van der Waals surface area (Å²) in [6.45, 7) is 1.24. The van der Waals surface area contributed by atoms with Crippen molar-refractivity contribution < 1.29 is 64.0 Å². The lowest BCUT2D eigenvalue weighted by Gasteiger charge is -2.54. The van der Waals surface area contributed by atoms with Crippen LogP contribution in [0, 0.1) is 47.3 Å². The molecule has 12 N–H and O–H groups in total. The predicted molar refractivity (Wildman–Crippen MR) is 204 cm³/mol. The van der Waals surface area contributed by atoms with Gasteiger partial charge < -0.3 is 67.0 Å². The number of fused-ring (bicyclic) bond motifs is 2. The number of hydrogen-bond acceptors (Lipinski definition) is 16. The maximum absolute atomic E-state index is 14.7. The van der Waals surface area contributed by atoms with E-state index in [1.54, 1.807) is 0 Å². The van der Waals surface area contributed by atoms with Crippen LogP contribution in [-0.4, -0.2) is 166 Å². The number of methoxy groups -OCH3 is 1. The zero-order valence-corrected chi connectivity index (χ0v) is 33.3. The Kier molecular flexibility index (Phi) is 14.1. The Labute approximate surface area is 337 Å². The molecule has 0 aromatic heterocycles. The summed E-state index contributed by atoms with van der Waals surface area (Å²) in [5, 5.41) is 74.2. The Balaban J connectivity index is 1.24. The molecule has 3 heterocycles. The normalized spacial score (nSPS) is 43.2. The molecule has 58 heavy (non-hydrogen) atoms. The average Bonchev–Trinajstić information content (AvgIpc) is 3.51. The number of nitrogens with one attached hydrogen (secondary N) is 2. The smallest absolute Gasteiger partial charge is 0.253 e. The Morgan fingerprint density at radius 3 is 2.36 bits per heavy atom. The summed E-state index contributed by atoms with van der Waals surface area (Å²) in [4.78, 5) is 59.2. The first-order valence-corrected chi connectivity index (χ1v) is 20.5. The van der Waals surface area contributed by atoms with Crippen molar-refractivity contribution >= 4 is 29.3 Å². The maximum Gasteiger partial charge on any atom is 0.253 e. The zero-order valence-electron chi connectivity index (χ0n) is 33.3. The van der Waals surface area contributed by atoms with Crippen molar-refractivity contribution in [1.82, 2.24) is 15.5 Å². The van der Waals surface area contributed by atoms with Crippen LogP contribution in [0.2, 0.25) is 0 Å². The molecule has 0 radical (unpaired) electrons. The molecule has 0 bridgehead atoms. The molecule has 3 aliphatic heterocycles. The van der Waals surface area contributed by atoms with Crippen LogP contribution in [0.15, 0.2) is 17.1 Å². The molecule has 3 aliphatic carbocycles. The van der Waals surface area contributed by atoms with Crippen molar-refractivity contribution in [2.45, 2.75) is 113 Å². The number of aliphatic hydroxyl groups is 6. The minimum Gasteiger partial charge on any atom is -0.396 e. The molecule has 3 saturated carbocycles. The molecule has 19 nitrogen and oxygen atoms in total. The van der Waals surface area contributed by atoms with Gasteiger partial charge in [-0.1, -0.05) is 6.92 Å². The molecule has 0 aromatic carbocycles. The molecule has 19 heteroatoms. The lowest BCUT2D eigenvalue weighted by molar-refractivity contribution is -0.348. The largest absolute Gasteiger partial charge is 0.396 e. The van der Waals surface area contributed by atoms with Crippen LogP contribution in [-0.2, 0) is 33.4 Å². The van der Waals surface area contributed by atoms with Crippen molar-refractivity contribution in [3.05, 3.63) is 12.2 Å². The van der Waals surface area contributed by atoms with Crippen LogP contribution < -0.4 is 22.1 Å². The van der Waals surface area contributed by atoms with Gasteiger partial charge in [-0.25, -0.2) is 0 Å². The van der Waals surface area contributed by atoms with E-state index in [1.807, 2.05) is 6.92 Å². The van der Waals surface area contributed by atoms with Gasteiger partial charge in [0.05, 0.1) is 42.9 Å². The Bertz CT molecular complexity index is 1560. The van der Waals surface area contributed by atoms with E-state index in [1.165, 1.54) is 14.2 Å². The van der Waals surface area contributed by atoms with E-state index in [0.29, 0.717) is 25.8 Å². The van der Waals surface area contributed by atoms with Crippen LogP contribution in [0.5, 0.6) is 0 Å². The number of carbonyl (C=O) groups is 4. The van der Waals surface area contributed by atoms with Crippen molar-refractivity contribution in [1.29, 1.82) is 0 Å². The Hall–Kier alpha value is -2.95. The molecule has 6 aliphatic rings. The van der Waals surface area contributed by atoms with Crippen LogP contribution >= 0.6 is 0 Å². The number of hydrogen-bond donors (Lipinski definition) is 10. The first kappa shape index (κ1) is 44.6. The topological polar surface area (TPSA) is 309 Å². The fourth-order valence-corrected chi connectivity index (χ4v) is 11.1. The number of rotatable bonds is 13. The lowest BCUT2D eigenvalue weighted by atomic mass is 9.53. The molecule has 18 unspecified atom stereocenters. The fourth-order valence-electron chi connectivity index (χ4n) is 11.1. The van der Waals surface area contributed by atoms with Crippen LogP contribution in [0.4, 0.5) is 0 Å². The highest BCUT2D eigenvalue weighted by atomic mass is 16.7. The van der Waals surface area contributed by atoms with E-state index in [0.717, 1.165) is 17.1 Å². The summed E-state index contributed by atoms with van der Waals surface area (Å²) in [5.74, 6) is -7.08. The third kappa shape index (κ3) is 8.50. The Morgan fingerprint density at radius 1 is 1.05 bits per heavy atom. The molecule has 0 spiro atoms. The van der Waals surface area contributed by atoms with Gasteiger partial charge in [0.2, 0.25) is 0 Å². The zero-order chi connectivity index (χ0) is 42.2. The molecule has 5 fully saturated rings. The van der Waals surface area contributed by atoms with Gasteiger partial charge >= 0.3 is 0 Å². The minimum atomic E-state index is -2.30. The quantitative estimate of drug-likeness (QED) is 0.0489. The summed E-state index contributed by atoms with van der Waals surface area (Å²) in [7, 11) is 2.96. The molecule has 326 valence electrons. The second-order valence-corrected chi connectivity index (χ2v) is 17.3. The number of guanidine groups is 1. The van der Waals surface area contributed by atoms with E-state index in [9.17, 15) is 49.8 Å². The summed E-state index contributed by atoms with van der Waals surface area (Å²) >= 11 is 0. The van der Waals surface area contributed by atoms with Crippen molar-refractivity contribution in [2.75, 3.05) is 40.5 Å². The summed E-state index contributed by atoms with van der Waals surface area (Å²) < 4.78 is 18.1. The number of nitrogens with zero attached hydrogens (tertiary/aromatic N) is 2. The summed E-state index contributed by atoms with van der Waals surface area (Å²) in [5.41, 5.74) is 9.87. The van der Waals surface area contributed by atoms with E-state index >= 15 is 0 Å². The Morgan fingerprint density at radius 2 is 1.74 bits per heavy atom. The number of Topliss-reactive ketones (excluding diaryl/α,β-unsaturated/α-hetero) is 2. The standard InChI is InChI=1S/C39H62N6O13/c1-17-10-21-31(33(51)29(17)23(7-9-46)44-38(41)42-2)34(52)30-22(32(21)50)12-20(56-3)13-24(30)57-37-35(53)36(54)39(55,25(16-47)58-37)14-19(18-6-8-43-26(40)11-18)15-45-27(48)4-5-28(45)49/h4-5,17-26,29-31,33,35-37,43,46-47,51,53-55H,6-16,40H2,1-3H3,(H3,41,42,44). The van der Waals surface area contributed by atoms with Crippen molar-refractivity contribution in [3.63, 3.8) is 0 Å². The van der Waals surface area contributed by atoms with Gasteiger partial charge in [0.1, 0.15) is 35.5 Å². The number of imide groups is 1. The van der Waals surface area contributed by atoms with E-state index in [-0.39, 0.29) is 62.4 Å². The van der Waals surface area contributed by atoms with Crippen molar-refractivity contribution in [2.24, 2.45) is 63.8 Å². The summed E-state index contributed by atoms with van der Waals surface area (Å²) in [6, 6.07) is -0.558. The second-order valence-electron chi connectivity index (χ2n) is 17.3. The molecule has 0 aromatic rings. The number of aliphatic imine (C=N–C) groups is 1. The summed E-state index contributed by atoms with van der Waals surface area (Å²) in [6.07, 6.45) is -6.67. The number of ketones is 2. The molecule has 2 amide bonds. The number of aliphatic hydroxyl groups excluding tert-OH is 5. The molecule has 6 rings (SSSR count). The van der Waals surface area contributed by atoms with Gasteiger partial charge in [0, 0.05) is 69.7 Å². The highest BCUT2D eigenvalue weighted by Crippen LogP contribution is 2.51. The number of nitrogens with two attached hydrogens (primary N) is 2. The van der Waals surface area contributed by atoms with E-state index in [2.05, 4.69) is 15.6 Å². The van der Waals surface area contributed by atoms with Gasteiger partial charge in [-0.3, -0.25) is 29.1 Å². The molecular formula is C39H62N6O13. The maximum atomic E-state index is 14.7. The number of piperidine rings is 1. The number of ether oxygens (including phenoxy) is 3. The van der Waals surface area contributed by atoms with E-state index < -0.39 is 120 Å². The van der Waals surface area contributed by atoms with Gasteiger partial charge in [0.15, 0.2) is 12.2 Å². The van der Waals surface area contributed by atoms with Gasteiger partial charge in [-0.15, -0.1) is 0 Å². The third-order valence-corrected chi connectivity index (χ3v) is 14.0. The van der Waals surface area contributed by atoms with Crippen LogP contribution in [0.25, 0.3) is 0 Å². The molecule has 2 saturated heterocycles. The van der Waals surface area contributed by atoms with Crippen molar-refractivity contribution in [3.8, 4) is 0 Å². The second kappa shape index (κ2) is 18.3. The van der Waals surface area contributed by atoms with Crippen LogP contribution in [0.1, 0.15) is 51.9 Å². The first-order chi connectivity index (χ1) is 27.6. The minimum absolute atomic E-state index is 0.0862. The highest BCUT2D eigenvalue weighted by Gasteiger charge is 2.62. The third-order valence-electron chi connectivity index (χ3n) is 14.0. The van der Waals surface area contributed by atoms with Gasteiger partial charge in [-0.2, -0.15) is 0 Å². The van der Waals surface area contributed by atoms with Crippen LogP contribution in [0.3, 0.4) is 0 Å². The monoisotopic (exact) mass is 822 g/mol. The molecule has 18 atom stereocenters. The number of amides is 2. The van der Waals surface area contributed by atoms with Gasteiger partial charge in [0.25, 0.3) is 11.8 Å². The first-order valence-electron chi connectivity index (χ1n) is 20.5. The fraction of sp³-hybridized carbons (Fsp3) is 0.821. The van der Waals surface area contributed by atoms with E-state index in [4.69, 9.17) is 25.7 Å². The number of carbonyl (C=O) groups excluding carboxylic acids is 4. The molecular weight excluding hydrogens is 760 g/mol. The SMILES string of the molecule is CN=C(N)NC(CCO)C1C(C)CC2C(=O)C3CC(OC)CC(OC4OC(CO)C(O)(CC(CN5C(=O)C=CC5=O)C5CCNC(N)C5)C(O)C4O)C3C(=O)C2C1O. The average molecular weight is 823 g/mol. The van der Waals surface area contributed by atoms with Gasteiger partial charge in [-0.05, 0) is 62.8 Å². The lowest BCUT2D eigenvalue weighted by Crippen LogP contribution is -2.69.